The van der Waals surface area contributed by atoms with Gasteiger partial charge >= 0.3 is 6.03 Å². The molecule has 0 aliphatic carbocycles. The highest BCUT2D eigenvalue weighted by Crippen LogP contribution is 2.25. The second-order valence-electron chi connectivity index (χ2n) is 6.56. The molecular formula is C19H19N3O4. The van der Waals surface area contributed by atoms with Gasteiger partial charge in [-0.05, 0) is 30.9 Å². The average Bonchev–Trinajstić information content (AvgIpc) is 2.85. The first-order valence-corrected chi connectivity index (χ1v) is 8.30. The van der Waals surface area contributed by atoms with Gasteiger partial charge in [-0.1, -0.05) is 42.5 Å². The minimum absolute atomic E-state index is 0.0290. The van der Waals surface area contributed by atoms with Crippen LogP contribution in [0.3, 0.4) is 0 Å². The third-order valence-electron chi connectivity index (χ3n) is 4.59. The molecule has 3 amide bonds. The molecule has 0 saturated carbocycles. The number of hydrogen-bond donors (Lipinski definition) is 1. The normalized spacial score (nSPS) is 19.5. The lowest BCUT2D eigenvalue weighted by Gasteiger charge is -2.21. The number of benzene rings is 2. The molecule has 1 aliphatic rings. The number of nitrogens with zero attached hydrogens (tertiary/aromatic N) is 2. The highest BCUT2D eigenvalue weighted by Gasteiger charge is 2.47. The maximum absolute atomic E-state index is 12.8. The summed E-state index contributed by atoms with van der Waals surface area (Å²) in [5, 5.41) is 13.5. The zero-order chi connectivity index (χ0) is 18.7. The van der Waals surface area contributed by atoms with Crippen LogP contribution in [0.2, 0.25) is 0 Å². The summed E-state index contributed by atoms with van der Waals surface area (Å²) in [6.07, 6.45) is 1.17. The lowest BCUT2D eigenvalue weighted by molar-refractivity contribution is -0.384. The molecular weight excluding hydrogens is 334 g/mol. The van der Waals surface area contributed by atoms with Crippen molar-refractivity contribution in [1.29, 1.82) is 0 Å². The molecule has 1 fully saturated rings. The monoisotopic (exact) mass is 353 g/mol. The van der Waals surface area contributed by atoms with Crippen LogP contribution in [0.15, 0.2) is 54.6 Å². The van der Waals surface area contributed by atoms with Crippen LogP contribution in [-0.2, 0) is 17.8 Å². The van der Waals surface area contributed by atoms with Crippen LogP contribution in [0.4, 0.5) is 10.5 Å². The van der Waals surface area contributed by atoms with Crippen molar-refractivity contribution < 1.29 is 14.5 Å². The Morgan fingerprint density at radius 1 is 1.04 bits per heavy atom. The molecule has 1 heterocycles. The number of non-ortho nitro benzene ring substituents is 1. The van der Waals surface area contributed by atoms with Crippen molar-refractivity contribution in [3.05, 3.63) is 75.8 Å². The van der Waals surface area contributed by atoms with Crippen molar-refractivity contribution in [3.63, 3.8) is 0 Å². The molecule has 0 bridgehead atoms. The van der Waals surface area contributed by atoms with Gasteiger partial charge in [0.25, 0.3) is 11.6 Å². The second kappa shape index (κ2) is 6.95. The van der Waals surface area contributed by atoms with E-state index in [1.54, 1.807) is 19.1 Å². The summed E-state index contributed by atoms with van der Waals surface area (Å²) in [6, 6.07) is 15.2. The minimum Gasteiger partial charge on any atom is -0.323 e. The van der Waals surface area contributed by atoms with Crippen LogP contribution in [0.5, 0.6) is 0 Å². The summed E-state index contributed by atoms with van der Waals surface area (Å²) in [7, 11) is 0. The Morgan fingerprint density at radius 2 is 1.69 bits per heavy atom. The SMILES string of the molecule is C[C@@]1(CCc2ccccc2)NC(=O)N(Cc2ccc([N+](=O)[O-])cc2)C1=O. The smallest absolute Gasteiger partial charge is 0.323 e. The average molecular weight is 353 g/mol. The van der Waals surface area contributed by atoms with E-state index in [2.05, 4.69) is 5.32 Å². The van der Waals surface area contributed by atoms with E-state index in [1.807, 2.05) is 30.3 Å². The molecule has 0 aromatic heterocycles. The van der Waals surface area contributed by atoms with Gasteiger partial charge in [0.1, 0.15) is 5.54 Å². The standard InChI is InChI=1S/C19H19N3O4/c1-19(12-11-14-5-3-2-4-6-14)17(23)21(18(24)20-19)13-15-7-9-16(10-8-15)22(25)26/h2-10H,11-13H2,1H3,(H,20,24)/t19-/m0/s1. The Morgan fingerprint density at radius 3 is 2.31 bits per heavy atom. The minimum atomic E-state index is -0.951. The number of imide groups is 1. The summed E-state index contributed by atoms with van der Waals surface area (Å²) in [5.74, 6) is -0.281. The number of rotatable bonds is 6. The lowest BCUT2D eigenvalue weighted by Crippen LogP contribution is -2.44. The maximum atomic E-state index is 12.8. The van der Waals surface area contributed by atoms with E-state index < -0.39 is 16.5 Å². The van der Waals surface area contributed by atoms with Gasteiger partial charge in [0.2, 0.25) is 0 Å². The molecule has 1 aliphatic heterocycles. The summed E-state index contributed by atoms with van der Waals surface area (Å²) in [4.78, 5) is 36.4. The molecule has 2 aromatic carbocycles. The molecule has 0 unspecified atom stereocenters. The van der Waals surface area contributed by atoms with Crippen molar-refractivity contribution in [2.24, 2.45) is 0 Å². The summed E-state index contributed by atoms with van der Waals surface area (Å²) < 4.78 is 0. The molecule has 0 radical (unpaired) electrons. The highest BCUT2D eigenvalue weighted by molar-refractivity contribution is 6.06. The topological polar surface area (TPSA) is 92.6 Å². The van der Waals surface area contributed by atoms with E-state index >= 15 is 0 Å². The highest BCUT2D eigenvalue weighted by atomic mass is 16.6. The van der Waals surface area contributed by atoms with Crippen molar-refractivity contribution in [2.75, 3.05) is 0 Å². The largest absolute Gasteiger partial charge is 0.325 e. The number of urea groups is 1. The van der Waals surface area contributed by atoms with E-state index in [-0.39, 0.29) is 18.1 Å². The summed E-state index contributed by atoms with van der Waals surface area (Å²) >= 11 is 0. The van der Waals surface area contributed by atoms with Gasteiger partial charge in [-0.25, -0.2) is 4.79 Å². The second-order valence-corrected chi connectivity index (χ2v) is 6.56. The molecule has 3 rings (SSSR count). The Labute approximate surface area is 150 Å². The van der Waals surface area contributed by atoms with Crippen molar-refractivity contribution in [1.82, 2.24) is 10.2 Å². The van der Waals surface area contributed by atoms with Gasteiger partial charge in [0, 0.05) is 12.1 Å². The number of carbonyl (C=O) groups is 2. The summed E-state index contributed by atoms with van der Waals surface area (Å²) in [5.41, 5.74) is 0.780. The van der Waals surface area contributed by atoms with Gasteiger partial charge in [0.15, 0.2) is 0 Å². The van der Waals surface area contributed by atoms with Gasteiger partial charge in [-0.3, -0.25) is 19.8 Å². The predicted octanol–water partition coefficient (Wildman–Crippen LogP) is 3.04. The van der Waals surface area contributed by atoms with Crippen molar-refractivity contribution in [2.45, 2.75) is 31.8 Å². The molecule has 134 valence electrons. The predicted molar refractivity (Wildman–Crippen MR) is 95.3 cm³/mol. The van der Waals surface area contributed by atoms with Crippen LogP contribution < -0.4 is 5.32 Å². The molecule has 2 aromatic rings. The Hall–Kier alpha value is -3.22. The number of nitrogens with one attached hydrogen (secondary N) is 1. The van der Waals surface area contributed by atoms with Crippen LogP contribution in [0.25, 0.3) is 0 Å². The fraction of sp³-hybridized carbons (Fsp3) is 0.263. The molecule has 1 saturated heterocycles. The zero-order valence-electron chi connectivity index (χ0n) is 14.3. The first-order valence-electron chi connectivity index (χ1n) is 8.30. The fourth-order valence-corrected chi connectivity index (χ4v) is 3.00. The summed E-state index contributed by atoms with van der Waals surface area (Å²) in [6.45, 7) is 1.82. The third kappa shape index (κ3) is 3.56. The first kappa shape index (κ1) is 17.6. The fourth-order valence-electron chi connectivity index (χ4n) is 3.00. The van der Waals surface area contributed by atoms with Gasteiger partial charge in [-0.15, -0.1) is 0 Å². The lowest BCUT2D eigenvalue weighted by atomic mass is 9.93. The molecule has 26 heavy (non-hydrogen) atoms. The maximum Gasteiger partial charge on any atom is 0.325 e. The molecule has 1 N–H and O–H groups in total. The van der Waals surface area contributed by atoms with Gasteiger partial charge in [-0.2, -0.15) is 0 Å². The zero-order valence-corrected chi connectivity index (χ0v) is 14.3. The van der Waals surface area contributed by atoms with Crippen LogP contribution in [0.1, 0.15) is 24.5 Å². The van der Waals surface area contributed by atoms with E-state index in [0.29, 0.717) is 18.4 Å². The Bertz CT molecular complexity index is 836. The molecule has 0 spiro atoms. The van der Waals surface area contributed by atoms with Crippen LogP contribution in [0, 0.1) is 10.1 Å². The van der Waals surface area contributed by atoms with E-state index in [0.717, 1.165) is 10.5 Å². The van der Waals surface area contributed by atoms with Gasteiger partial charge in [0.05, 0.1) is 11.5 Å². The van der Waals surface area contributed by atoms with E-state index in [1.165, 1.54) is 12.1 Å². The van der Waals surface area contributed by atoms with Crippen LogP contribution in [-0.4, -0.2) is 27.3 Å². The van der Waals surface area contributed by atoms with Gasteiger partial charge < -0.3 is 5.32 Å². The number of amides is 3. The third-order valence-corrected chi connectivity index (χ3v) is 4.59. The number of nitro groups is 1. The molecule has 7 nitrogen and oxygen atoms in total. The number of hydrogen-bond acceptors (Lipinski definition) is 4. The number of aryl methyl sites for hydroxylation is 1. The van der Waals surface area contributed by atoms with E-state index in [4.69, 9.17) is 0 Å². The quantitative estimate of drug-likeness (QED) is 0.491. The van der Waals surface area contributed by atoms with Crippen LogP contribution >= 0.6 is 0 Å². The van der Waals surface area contributed by atoms with Crippen molar-refractivity contribution >= 4 is 17.6 Å². The Balaban J connectivity index is 1.68. The Kier molecular flexibility index (Phi) is 4.71. The molecule has 1 atom stereocenters. The molecule has 7 heteroatoms. The van der Waals surface area contributed by atoms with E-state index in [9.17, 15) is 19.7 Å². The number of carbonyl (C=O) groups excluding carboxylic acids is 2. The first-order chi connectivity index (χ1) is 12.4. The number of nitro benzene ring substituents is 1. The van der Waals surface area contributed by atoms with Crippen molar-refractivity contribution in [3.8, 4) is 0 Å².